The summed E-state index contributed by atoms with van der Waals surface area (Å²) in [6, 6.07) is 14.8. The number of hydrogen-bond donors (Lipinski definition) is 2. The number of phenols is 1. The minimum Gasteiger partial charge on any atom is -0.508 e. The second-order valence-corrected chi connectivity index (χ2v) is 6.42. The van der Waals surface area contributed by atoms with E-state index in [1.165, 1.54) is 0 Å². The molecule has 0 bridgehead atoms. The maximum Gasteiger partial charge on any atom is 0.306 e. The van der Waals surface area contributed by atoms with Crippen molar-refractivity contribution >= 4 is 5.97 Å². The molecule has 0 unspecified atom stereocenters. The van der Waals surface area contributed by atoms with Gasteiger partial charge < -0.3 is 14.9 Å². The van der Waals surface area contributed by atoms with Crippen molar-refractivity contribution < 1.29 is 19.7 Å². The molecule has 144 valence electrons. The van der Waals surface area contributed by atoms with Crippen LogP contribution < -0.4 is 0 Å². The van der Waals surface area contributed by atoms with E-state index in [0.717, 1.165) is 33.4 Å². The Morgan fingerprint density at radius 2 is 1.82 bits per heavy atom. The molecular weight excluding hydrogens is 354 g/mol. The van der Waals surface area contributed by atoms with Crippen LogP contribution in [-0.4, -0.2) is 27.8 Å². The predicted molar refractivity (Wildman–Crippen MR) is 108 cm³/mol. The van der Waals surface area contributed by atoms with Crippen LogP contribution in [-0.2, 0) is 22.6 Å². The van der Waals surface area contributed by atoms with Crippen molar-refractivity contribution in [2.75, 3.05) is 6.61 Å². The van der Waals surface area contributed by atoms with E-state index in [-0.39, 0.29) is 24.7 Å². The highest BCUT2D eigenvalue weighted by molar-refractivity contribution is 5.76. The summed E-state index contributed by atoms with van der Waals surface area (Å²) in [4.78, 5) is 15.9. The maximum atomic E-state index is 11.7. The Bertz CT molecular complexity index is 954. The number of pyridine rings is 1. The van der Waals surface area contributed by atoms with Gasteiger partial charge in [0.05, 0.1) is 13.2 Å². The van der Waals surface area contributed by atoms with E-state index in [1.807, 2.05) is 36.4 Å². The number of aryl methyl sites for hydroxylation is 1. The fourth-order valence-electron chi connectivity index (χ4n) is 3.23. The lowest BCUT2D eigenvalue weighted by atomic mass is 9.92. The van der Waals surface area contributed by atoms with Crippen LogP contribution in [0.1, 0.15) is 24.5 Å². The van der Waals surface area contributed by atoms with Gasteiger partial charge in [-0.25, -0.2) is 0 Å². The zero-order valence-electron chi connectivity index (χ0n) is 15.8. The fraction of sp³-hybridized carbons (Fsp3) is 0.217. The lowest BCUT2D eigenvalue weighted by Crippen LogP contribution is -2.05. The summed E-state index contributed by atoms with van der Waals surface area (Å²) < 4.78 is 5.00. The molecule has 5 heteroatoms. The van der Waals surface area contributed by atoms with Crippen LogP contribution in [0.4, 0.5) is 0 Å². The van der Waals surface area contributed by atoms with Crippen LogP contribution in [0.25, 0.3) is 22.3 Å². The number of ether oxygens (including phenoxy) is 1. The van der Waals surface area contributed by atoms with Gasteiger partial charge in [-0.2, -0.15) is 0 Å². The Morgan fingerprint density at radius 1 is 1.04 bits per heavy atom. The molecular formula is C23H23NO4. The van der Waals surface area contributed by atoms with Gasteiger partial charge in [-0.05, 0) is 65.4 Å². The Hall–Kier alpha value is -3.18. The Balaban J connectivity index is 1.96. The third kappa shape index (κ3) is 4.56. The number of esters is 1. The summed E-state index contributed by atoms with van der Waals surface area (Å²) in [5, 5.41) is 19.8. The summed E-state index contributed by atoms with van der Waals surface area (Å²) in [7, 11) is 0. The predicted octanol–water partition coefficient (Wildman–Crippen LogP) is 4.11. The summed E-state index contributed by atoms with van der Waals surface area (Å²) in [6.45, 7) is 2.02. The average molecular weight is 377 g/mol. The number of aromatic nitrogens is 1. The number of hydrogen-bond acceptors (Lipinski definition) is 5. The van der Waals surface area contributed by atoms with Crippen LogP contribution in [0.15, 0.2) is 60.9 Å². The van der Waals surface area contributed by atoms with Gasteiger partial charge in [-0.1, -0.05) is 24.3 Å². The Morgan fingerprint density at radius 3 is 2.54 bits per heavy atom. The molecule has 28 heavy (non-hydrogen) atoms. The van der Waals surface area contributed by atoms with Gasteiger partial charge in [-0.3, -0.25) is 9.78 Å². The minimum absolute atomic E-state index is 0.103. The van der Waals surface area contributed by atoms with E-state index >= 15 is 0 Å². The van der Waals surface area contributed by atoms with E-state index in [4.69, 9.17) is 4.74 Å². The number of rotatable bonds is 7. The molecule has 2 N–H and O–H groups in total. The molecule has 0 aliphatic rings. The second-order valence-electron chi connectivity index (χ2n) is 6.42. The number of aromatic hydroxyl groups is 1. The Kier molecular flexibility index (Phi) is 6.40. The average Bonchev–Trinajstić information content (AvgIpc) is 2.73. The van der Waals surface area contributed by atoms with Crippen LogP contribution >= 0.6 is 0 Å². The summed E-state index contributed by atoms with van der Waals surface area (Å²) in [6.07, 6.45) is 4.18. The van der Waals surface area contributed by atoms with E-state index in [1.54, 1.807) is 31.5 Å². The number of carbonyl (C=O) groups is 1. The van der Waals surface area contributed by atoms with Gasteiger partial charge in [0.2, 0.25) is 0 Å². The second kappa shape index (κ2) is 9.15. The number of aliphatic hydroxyl groups is 1. The molecule has 0 spiro atoms. The van der Waals surface area contributed by atoms with Gasteiger partial charge in [0, 0.05) is 24.4 Å². The lowest BCUT2D eigenvalue weighted by Gasteiger charge is -2.14. The molecule has 1 aromatic heterocycles. The third-order valence-corrected chi connectivity index (χ3v) is 4.55. The first-order valence-electron chi connectivity index (χ1n) is 9.24. The van der Waals surface area contributed by atoms with Gasteiger partial charge in [-0.15, -0.1) is 0 Å². The van der Waals surface area contributed by atoms with Gasteiger partial charge in [0.25, 0.3) is 0 Å². The highest BCUT2D eigenvalue weighted by atomic mass is 16.5. The van der Waals surface area contributed by atoms with Crippen LogP contribution in [0.2, 0.25) is 0 Å². The number of carbonyl (C=O) groups excluding carboxylic acids is 1. The molecule has 3 rings (SSSR count). The molecule has 0 saturated carbocycles. The molecule has 1 heterocycles. The number of benzene rings is 2. The molecule has 0 aliphatic carbocycles. The highest BCUT2D eigenvalue weighted by Gasteiger charge is 2.12. The lowest BCUT2D eigenvalue weighted by molar-refractivity contribution is -0.143. The molecule has 2 aromatic carbocycles. The van der Waals surface area contributed by atoms with Gasteiger partial charge in [0.15, 0.2) is 0 Å². The monoisotopic (exact) mass is 377 g/mol. The van der Waals surface area contributed by atoms with Crippen molar-refractivity contribution in [2.24, 2.45) is 0 Å². The molecule has 0 aliphatic heterocycles. The molecule has 0 atom stereocenters. The smallest absolute Gasteiger partial charge is 0.306 e. The van der Waals surface area contributed by atoms with Crippen molar-refractivity contribution in [2.45, 2.75) is 26.4 Å². The van der Waals surface area contributed by atoms with Crippen molar-refractivity contribution in [3.8, 4) is 28.0 Å². The van der Waals surface area contributed by atoms with E-state index in [9.17, 15) is 15.0 Å². The topological polar surface area (TPSA) is 79.7 Å². The largest absolute Gasteiger partial charge is 0.508 e. The van der Waals surface area contributed by atoms with Gasteiger partial charge >= 0.3 is 5.97 Å². The maximum absolute atomic E-state index is 11.7. The fourth-order valence-corrected chi connectivity index (χ4v) is 3.23. The molecule has 0 amide bonds. The first kappa shape index (κ1) is 19.6. The van der Waals surface area contributed by atoms with Gasteiger partial charge in [0.1, 0.15) is 5.75 Å². The first-order valence-corrected chi connectivity index (χ1v) is 9.24. The first-order chi connectivity index (χ1) is 13.6. The van der Waals surface area contributed by atoms with Crippen molar-refractivity contribution in [3.63, 3.8) is 0 Å². The summed E-state index contributed by atoms with van der Waals surface area (Å²) in [5.41, 5.74) is 5.32. The minimum atomic E-state index is -0.264. The molecule has 0 saturated heterocycles. The molecule has 0 radical (unpaired) electrons. The van der Waals surface area contributed by atoms with Crippen LogP contribution in [0, 0.1) is 0 Å². The van der Waals surface area contributed by atoms with Crippen molar-refractivity contribution in [1.82, 2.24) is 4.98 Å². The zero-order valence-corrected chi connectivity index (χ0v) is 15.8. The standard InChI is InChI=1S/C23H23NO4/c1-2-28-23(27)10-6-17-13-20(26)7-9-21(17)16-5-8-22(19(12-16)15-25)18-4-3-11-24-14-18/h3-5,7-9,11-14,25-26H,2,6,10,15H2,1H3. The molecule has 0 fully saturated rings. The molecule has 3 aromatic rings. The van der Waals surface area contributed by atoms with Crippen molar-refractivity contribution in [3.05, 3.63) is 72.1 Å². The Labute approximate surface area is 164 Å². The number of nitrogens with zero attached hydrogens (tertiary/aromatic N) is 1. The quantitative estimate of drug-likeness (QED) is 0.606. The summed E-state index contributed by atoms with van der Waals surface area (Å²) >= 11 is 0. The van der Waals surface area contributed by atoms with E-state index < -0.39 is 0 Å². The number of phenolic OH excluding ortho intramolecular Hbond substituents is 1. The normalized spacial score (nSPS) is 10.6. The van der Waals surface area contributed by atoms with Crippen LogP contribution in [0.5, 0.6) is 5.75 Å². The van der Waals surface area contributed by atoms with E-state index in [0.29, 0.717) is 13.0 Å². The molecule has 5 nitrogen and oxygen atoms in total. The number of aliphatic hydroxyl groups excluding tert-OH is 1. The SMILES string of the molecule is CCOC(=O)CCc1cc(O)ccc1-c1ccc(-c2cccnc2)c(CO)c1. The van der Waals surface area contributed by atoms with Crippen molar-refractivity contribution in [1.29, 1.82) is 0 Å². The van der Waals surface area contributed by atoms with E-state index in [2.05, 4.69) is 4.98 Å². The zero-order chi connectivity index (χ0) is 19.9. The van der Waals surface area contributed by atoms with Crippen LogP contribution in [0.3, 0.4) is 0 Å². The third-order valence-electron chi connectivity index (χ3n) is 4.55. The summed E-state index contributed by atoms with van der Waals surface area (Å²) in [5.74, 6) is -0.114. The highest BCUT2D eigenvalue weighted by Crippen LogP contribution is 2.32.